The van der Waals surface area contributed by atoms with Crippen LogP contribution in [0.2, 0.25) is 0 Å². The molecule has 6 rings (SSSR count). The van der Waals surface area contributed by atoms with E-state index in [4.69, 9.17) is 14.2 Å². The predicted octanol–water partition coefficient (Wildman–Crippen LogP) is 3.35. The zero-order chi connectivity index (χ0) is 16.7. The maximum absolute atomic E-state index is 12.2. The molecule has 0 aromatic heterocycles. The molecule has 0 aromatic rings. The zero-order valence-electron chi connectivity index (χ0n) is 15.0. The van der Waals surface area contributed by atoms with Crippen LogP contribution in [0.4, 0.5) is 0 Å². The fraction of sp³-hybridized carbons (Fsp3) is 0.850. The van der Waals surface area contributed by atoms with Crippen molar-refractivity contribution in [3.8, 4) is 0 Å². The van der Waals surface area contributed by atoms with Gasteiger partial charge in [0.05, 0.1) is 0 Å². The van der Waals surface area contributed by atoms with Crippen LogP contribution < -0.4 is 0 Å². The number of rotatable bonds is 0. The van der Waals surface area contributed by atoms with Crippen LogP contribution in [-0.4, -0.2) is 29.6 Å². The Kier molecular flexibility index (Phi) is 2.17. The molecule has 0 N–H and O–H groups in total. The van der Waals surface area contributed by atoms with E-state index >= 15 is 0 Å². The summed E-state index contributed by atoms with van der Waals surface area (Å²) in [5.41, 5.74) is 2.25. The summed E-state index contributed by atoms with van der Waals surface area (Å²) in [6.45, 7) is 9.22. The van der Waals surface area contributed by atoms with Crippen molar-refractivity contribution in [2.24, 2.45) is 22.7 Å². The Morgan fingerprint density at radius 2 is 1.88 bits per heavy atom. The summed E-state index contributed by atoms with van der Waals surface area (Å²) >= 11 is 0. The number of carbonyl (C=O) groups excluding carboxylic acids is 1. The van der Waals surface area contributed by atoms with E-state index < -0.39 is 5.79 Å². The number of hydrogen-bond donors (Lipinski definition) is 0. The molecule has 0 aromatic carbocycles. The van der Waals surface area contributed by atoms with Crippen LogP contribution in [0.25, 0.3) is 0 Å². The molecule has 130 valence electrons. The molecule has 0 bridgehead atoms. The Hall–Kier alpha value is -0.870. The van der Waals surface area contributed by atoms with Crippen LogP contribution in [-0.2, 0) is 19.0 Å². The largest absolute Gasteiger partial charge is 0.422 e. The van der Waals surface area contributed by atoms with Crippen molar-refractivity contribution in [1.82, 2.24) is 0 Å². The molecule has 6 aliphatic rings. The van der Waals surface area contributed by atoms with Gasteiger partial charge in [-0.15, -0.1) is 0 Å². The Morgan fingerprint density at radius 1 is 1.08 bits per heavy atom. The quantitative estimate of drug-likeness (QED) is 0.505. The first-order valence-electron chi connectivity index (χ1n) is 9.56. The summed E-state index contributed by atoms with van der Waals surface area (Å²) in [5.74, 6) is 0.0886. The third-order valence-electron chi connectivity index (χ3n) is 8.57. The minimum absolute atomic E-state index is 0.00866. The molecule has 4 nitrogen and oxygen atoms in total. The van der Waals surface area contributed by atoms with Crippen molar-refractivity contribution in [2.45, 2.75) is 83.4 Å². The molecule has 7 atom stereocenters. The molecule has 3 saturated carbocycles. The SMILES string of the molecule is CC1=C2C3OC34CCC3C(C)(C)CCCC3(C)C4C3OC23OC1=O. The van der Waals surface area contributed by atoms with Gasteiger partial charge in [-0.3, -0.25) is 0 Å². The van der Waals surface area contributed by atoms with Gasteiger partial charge in [0.15, 0.2) is 0 Å². The summed E-state index contributed by atoms with van der Waals surface area (Å²) in [6.07, 6.45) is 6.23. The number of esters is 1. The normalized spacial score (nSPS) is 58.8. The molecule has 5 fully saturated rings. The van der Waals surface area contributed by atoms with Crippen LogP contribution in [0.3, 0.4) is 0 Å². The number of carbonyl (C=O) groups is 1. The maximum Gasteiger partial charge on any atom is 0.336 e. The Balaban J connectivity index is 1.49. The molecule has 3 aliphatic carbocycles. The van der Waals surface area contributed by atoms with E-state index in [0.717, 1.165) is 17.6 Å². The topological polar surface area (TPSA) is 51.4 Å². The standard InChI is InChI=1S/C20H26O4/c1-10-12-14-19(22-14)9-6-11-17(2,3)7-5-8-18(11,4)13(19)15-20(12,23-15)24-16(10)21/h11,13-15H,5-9H2,1-4H3. The van der Waals surface area contributed by atoms with Crippen molar-refractivity contribution in [2.75, 3.05) is 0 Å². The first-order chi connectivity index (χ1) is 11.3. The second-order valence-electron chi connectivity index (χ2n) is 10.0. The Bertz CT molecular complexity index is 723. The maximum atomic E-state index is 12.2. The molecule has 24 heavy (non-hydrogen) atoms. The molecule has 3 heterocycles. The minimum Gasteiger partial charge on any atom is -0.422 e. The van der Waals surface area contributed by atoms with E-state index in [-0.39, 0.29) is 29.2 Å². The van der Waals surface area contributed by atoms with E-state index in [1.807, 2.05) is 6.92 Å². The number of hydrogen-bond acceptors (Lipinski definition) is 4. The minimum atomic E-state index is -0.761. The van der Waals surface area contributed by atoms with Crippen molar-refractivity contribution in [3.05, 3.63) is 11.1 Å². The lowest BCUT2D eigenvalue weighted by atomic mass is 9.44. The van der Waals surface area contributed by atoms with Crippen molar-refractivity contribution >= 4 is 5.97 Å². The van der Waals surface area contributed by atoms with Crippen LogP contribution in [0.1, 0.15) is 59.8 Å². The molecule has 4 heteroatoms. The van der Waals surface area contributed by atoms with Gasteiger partial charge in [-0.1, -0.05) is 27.2 Å². The van der Waals surface area contributed by atoms with Gasteiger partial charge in [-0.2, -0.15) is 0 Å². The monoisotopic (exact) mass is 330 g/mol. The molecule has 0 radical (unpaired) electrons. The fourth-order valence-corrected chi connectivity index (χ4v) is 7.62. The molecule has 0 amide bonds. The Labute approximate surface area is 142 Å². The first-order valence-corrected chi connectivity index (χ1v) is 9.56. The molecule has 3 aliphatic heterocycles. The number of fused-ring (bicyclic) bond motifs is 4. The molecule has 2 spiro atoms. The van der Waals surface area contributed by atoms with Gasteiger partial charge in [0.25, 0.3) is 5.79 Å². The smallest absolute Gasteiger partial charge is 0.336 e. The number of epoxide rings is 2. The second kappa shape index (κ2) is 3.64. The van der Waals surface area contributed by atoms with Crippen LogP contribution in [0.5, 0.6) is 0 Å². The van der Waals surface area contributed by atoms with Gasteiger partial charge >= 0.3 is 5.97 Å². The highest BCUT2D eigenvalue weighted by Crippen LogP contribution is 2.77. The lowest BCUT2D eigenvalue weighted by molar-refractivity contribution is -0.147. The average Bonchev–Trinajstić information content (AvgIpc) is 3.34. The third kappa shape index (κ3) is 1.27. The van der Waals surface area contributed by atoms with Crippen molar-refractivity contribution in [3.63, 3.8) is 0 Å². The van der Waals surface area contributed by atoms with Gasteiger partial charge in [-0.25, -0.2) is 4.79 Å². The number of ether oxygens (including phenoxy) is 3. The van der Waals surface area contributed by atoms with Gasteiger partial charge in [-0.05, 0) is 49.4 Å². The second-order valence-corrected chi connectivity index (χ2v) is 10.0. The zero-order valence-corrected chi connectivity index (χ0v) is 15.0. The van der Waals surface area contributed by atoms with Gasteiger partial charge in [0.1, 0.15) is 17.8 Å². The highest BCUT2D eigenvalue weighted by molar-refractivity contribution is 5.93. The average molecular weight is 330 g/mol. The van der Waals surface area contributed by atoms with E-state index in [1.54, 1.807) is 0 Å². The van der Waals surface area contributed by atoms with Crippen molar-refractivity contribution < 1.29 is 19.0 Å². The Morgan fingerprint density at radius 3 is 2.67 bits per heavy atom. The van der Waals surface area contributed by atoms with E-state index in [9.17, 15) is 4.79 Å². The molecular formula is C20H26O4. The van der Waals surface area contributed by atoms with Gasteiger partial charge in [0.2, 0.25) is 0 Å². The summed E-state index contributed by atoms with van der Waals surface area (Å²) in [7, 11) is 0. The van der Waals surface area contributed by atoms with Gasteiger partial charge in [0, 0.05) is 17.1 Å². The first kappa shape index (κ1) is 14.3. The lowest BCUT2D eigenvalue weighted by Crippen LogP contribution is -2.59. The summed E-state index contributed by atoms with van der Waals surface area (Å²) in [5, 5.41) is 0. The van der Waals surface area contributed by atoms with Crippen molar-refractivity contribution in [1.29, 1.82) is 0 Å². The highest BCUT2D eigenvalue weighted by atomic mass is 16.8. The predicted molar refractivity (Wildman–Crippen MR) is 86.0 cm³/mol. The fourth-order valence-electron chi connectivity index (χ4n) is 7.62. The van der Waals surface area contributed by atoms with Gasteiger partial charge < -0.3 is 14.2 Å². The van der Waals surface area contributed by atoms with Crippen LogP contribution in [0.15, 0.2) is 11.1 Å². The molecular weight excluding hydrogens is 304 g/mol. The van der Waals surface area contributed by atoms with E-state index in [0.29, 0.717) is 17.3 Å². The molecule has 2 saturated heterocycles. The lowest BCUT2D eigenvalue weighted by Gasteiger charge is -2.59. The molecule has 7 unspecified atom stereocenters. The van der Waals surface area contributed by atoms with Crippen LogP contribution >= 0.6 is 0 Å². The summed E-state index contributed by atoms with van der Waals surface area (Å²) < 4.78 is 18.4. The summed E-state index contributed by atoms with van der Waals surface area (Å²) in [6, 6.07) is 0. The third-order valence-corrected chi connectivity index (χ3v) is 8.57. The van der Waals surface area contributed by atoms with E-state index in [2.05, 4.69) is 20.8 Å². The highest BCUT2D eigenvalue weighted by Gasteiger charge is 2.88. The van der Waals surface area contributed by atoms with E-state index in [1.165, 1.54) is 25.7 Å². The summed E-state index contributed by atoms with van der Waals surface area (Å²) in [4.78, 5) is 12.2. The van der Waals surface area contributed by atoms with Crippen LogP contribution in [0, 0.1) is 22.7 Å².